The maximum atomic E-state index is 5.40. The molecule has 0 radical (unpaired) electrons. The van der Waals surface area contributed by atoms with E-state index < -0.39 is 0 Å². The average molecular weight is 125 g/mol. The van der Waals surface area contributed by atoms with Crippen LogP contribution in [0.2, 0.25) is 0 Å². The molecule has 0 aliphatic heterocycles. The Morgan fingerprint density at radius 1 is 2.00 bits per heavy atom. The van der Waals surface area contributed by atoms with E-state index in [-0.39, 0.29) is 13.2 Å². The molecule has 5 heavy (non-hydrogen) atoms. The number of hydrogen-bond donors (Lipinski definition) is 0. The van der Waals surface area contributed by atoms with Gasteiger partial charge in [0.1, 0.15) is 0 Å². The lowest BCUT2D eigenvalue weighted by Gasteiger charge is -1.76. The van der Waals surface area contributed by atoms with Crippen LogP contribution in [-0.2, 0) is 0 Å². The maximum Gasteiger partial charge on any atom is 0.455 e. The normalized spacial score (nSPS) is 7.60. The van der Waals surface area contributed by atoms with Crippen LogP contribution in [0.1, 0.15) is 6.92 Å². The summed E-state index contributed by atoms with van der Waals surface area (Å²) in [4.78, 5) is 0. The van der Waals surface area contributed by atoms with Crippen LogP contribution in [-0.4, -0.2) is 18.9 Å². The third-order valence-corrected chi connectivity index (χ3v) is 3.92. The van der Waals surface area contributed by atoms with Gasteiger partial charge in [0.15, 0.2) is 0 Å². The molecular formula is C2H6AlClS. The van der Waals surface area contributed by atoms with Crippen molar-refractivity contribution < 1.29 is 0 Å². The van der Waals surface area contributed by atoms with Crippen LogP contribution in [0.25, 0.3) is 0 Å². The van der Waals surface area contributed by atoms with Gasteiger partial charge in [0.2, 0.25) is 0 Å². The number of hydrogen-bond acceptors (Lipinski definition) is 1. The molecule has 0 amide bonds. The van der Waals surface area contributed by atoms with E-state index in [2.05, 4.69) is 6.92 Å². The van der Waals surface area contributed by atoms with E-state index in [1.807, 2.05) is 10.1 Å². The molecule has 0 bridgehead atoms. The van der Waals surface area contributed by atoms with Crippen molar-refractivity contribution in [3.05, 3.63) is 0 Å². The molecule has 0 rings (SSSR count). The van der Waals surface area contributed by atoms with Gasteiger partial charge in [-0.25, -0.2) is 20.2 Å². The SMILES string of the molecule is CC[S][AlH][Cl]. The topological polar surface area (TPSA) is 0 Å². The van der Waals surface area contributed by atoms with Crippen LogP contribution in [0.5, 0.6) is 0 Å². The Morgan fingerprint density at radius 3 is 2.60 bits per heavy atom. The minimum absolute atomic E-state index is 0.197. The summed E-state index contributed by atoms with van der Waals surface area (Å²) in [7, 11) is 7.27. The van der Waals surface area contributed by atoms with Crippen LogP contribution in [0.3, 0.4) is 0 Å². The molecule has 0 aromatic carbocycles. The number of rotatable bonds is 2. The first-order valence-electron chi connectivity index (χ1n) is 1.55. The molecule has 0 nitrogen and oxygen atoms in total. The van der Waals surface area contributed by atoms with Crippen LogP contribution < -0.4 is 0 Å². The van der Waals surface area contributed by atoms with Crippen molar-refractivity contribution in [2.45, 2.75) is 6.92 Å². The standard InChI is InChI=1S/C2H6S.Al.ClH.H/c1-2-3;;;/h3H,2H2,1H3;;1H;/q;+2;;/p-2. The van der Waals surface area contributed by atoms with Gasteiger partial charge in [-0.3, -0.25) is 0 Å². The smallest absolute Gasteiger partial charge is 0.248 e. The molecule has 0 aromatic heterocycles. The van der Waals surface area contributed by atoms with Crippen molar-refractivity contribution in [1.82, 2.24) is 0 Å². The summed E-state index contributed by atoms with van der Waals surface area (Å²) < 4.78 is 0. The second-order valence-corrected chi connectivity index (χ2v) is 5.65. The molecule has 0 aliphatic carbocycles. The van der Waals surface area contributed by atoms with Gasteiger partial charge in [-0.1, -0.05) is 6.92 Å². The van der Waals surface area contributed by atoms with Crippen LogP contribution in [0.4, 0.5) is 0 Å². The molecule has 30 valence electrons. The van der Waals surface area contributed by atoms with Gasteiger partial charge < -0.3 is 0 Å². The highest BCUT2D eigenvalue weighted by Crippen LogP contribution is 1.94. The molecule has 0 spiro atoms. The van der Waals surface area contributed by atoms with E-state index in [1.165, 1.54) is 5.75 Å². The zero-order valence-corrected chi connectivity index (χ0v) is 6.19. The van der Waals surface area contributed by atoms with Crippen molar-refractivity contribution in [2.75, 3.05) is 5.75 Å². The second kappa shape index (κ2) is 5.17. The Balaban J connectivity index is 2.19. The molecule has 0 saturated carbocycles. The fourth-order valence-corrected chi connectivity index (χ4v) is 2.08. The zero-order chi connectivity index (χ0) is 4.12. The third kappa shape index (κ3) is 5.17. The minimum Gasteiger partial charge on any atom is -0.248 e. The quantitative estimate of drug-likeness (QED) is 0.500. The van der Waals surface area contributed by atoms with Gasteiger partial charge in [0.25, 0.3) is 0 Å². The maximum absolute atomic E-state index is 5.40. The predicted molar refractivity (Wildman–Crippen MR) is 31.1 cm³/mol. The van der Waals surface area contributed by atoms with Crippen molar-refractivity contribution >= 4 is 33.3 Å². The second-order valence-electron chi connectivity index (χ2n) is 0.602. The van der Waals surface area contributed by atoms with E-state index in [0.29, 0.717) is 0 Å². The highest BCUT2D eigenvalue weighted by Gasteiger charge is 1.77. The van der Waals surface area contributed by atoms with Gasteiger partial charge in [0, 0.05) is 0 Å². The Kier molecular flexibility index (Phi) is 6.39. The summed E-state index contributed by atoms with van der Waals surface area (Å²) in [5.41, 5.74) is 0. The summed E-state index contributed by atoms with van der Waals surface area (Å²) in [6.45, 7) is 2.13. The lowest BCUT2D eigenvalue weighted by molar-refractivity contribution is 1.54. The van der Waals surface area contributed by atoms with Gasteiger partial charge in [0.05, 0.1) is 0 Å². The monoisotopic (exact) mass is 124 g/mol. The molecule has 0 aromatic rings. The molecule has 0 saturated heterocycles. The molecule has 0 atom stereocenters. The first-order valence-corrected chi connectivity index (χ1v) is 6.58. The van der Waals surface area contributed by atoms with E-state index in [0.717, 1.165) is 0 Å². The van der Waals surface area contributed by atoms with Crippen molar-refractivity contribution in [1.29, 1.82) is 0 Å². The van der Waals surface area contributed by atoms with Crippen molar-refractivity contribution in [3.63, 3.8) is 0 Å². The van der Waals surface area contributed by atoms with Gasteiger partial charge >= 0.3 is 13.2 Å². The van der Waals surface area contributed by atoms with E-state index in [1.54, 1.807) is 0 Å². The Labute approximate surface area is 46.2 Å². The van der Waals surface area contributed by atoms with Crippen LogP contribution in [0.15, 0.2) is 0 Å². The van der Waals surface area contributed by atoms with Gasteiger partial charge in [-0.15, -0.1) is 0 Å². The molecule has 0 aliphatic rings. The third-order valence-electron chi connectivity index (χ3n) is 0.281. The summed E-state index contributed by atoms with van der Waals surface area (Å²) in [6.07, 6.45) is 0. The highest BCUT2D eigenvalue weighted by molar-refractivity contribution is 8.26. The largest absolute Gasteiger partial charge is 0.455 e. The molecule has 0 unspecified atom stereocenters. The van der Waals surface area contributed by atoms with Gasteiger partial charge in [-0.05, 0) is 5.75 Å². The molecular weight excluding hydrogens is 119 g/mol. The summed E-state index contributed by atoms with van der Waals surface area (Å²) >= 11 is -0.197. The Hall–Kier alpha value is 1.17. The van der Waals surface area contributed by atoms with Crippen LogP contribution >= 0.6 is 20.2 Å². The van der Waals surface area contributed by atoms with Gasteiger partial charge in [-0.2, -0.15) is 0 Å². The Bertz CT molecular complexity index is 17.1. The fraction of sp³-hybridized carbons (Fsp3) is 1.00. The first kappa shape index (κ1) is 6.17. The number of halogens is 1. The molecule has 0 fully saturated rings. The first-order chi connectivity index (χ1) is 2.41. The minimum atomic E-state index is -0.197. The fourth-order valence-electron chi connectivity index (χ4n) is 0.0772. The summed E-state index contributed by atoms with van der Waals surface area (Å²) in [5.74, 6) is 1.19. The predicted octanol–water partition coefficient (Wildman–Crippen LogP) is 1.24. The van der Waals surface area contributed by atoms with E-state index in [9.17, 15) is 0 Å². The van der Waals surface area contributed by atoms with Crippen molar-refractivity contribution in [3.8, 4) is 0 Å². The molecule has 3 heteroatoms. The Morgan fingerprint density at radius 2 is 2.60 bits per heavy atom. The summed E-state index contributed by atoms with van der Waals surface area (Å²) in [6, 6.07) is 0. The average Bonchev–Trinajstić information content (AvgIpc) is 1.41. The van der Waals surface area contributed by atoms with Crippen molar-refractivity contribution in [2.24, 2.45) is 0 Å². The zero-order valence-electron chi connectivity index (χ0n) is 3.20. The van der Waals surface area contributed by atoms with E-state index >= 15 is 0 Å². The highest BCUT2D eigenvalue weighted by atomic mass is 35.6. The molecule has 0 N–H and O–H groups in total. The lowest BCUT2D eigenvalue weighted by atomic mass is 11.0. The lowest BCUT2D eigenvalue weighted by Crippen LogP contribution is -1.65. The van der Waals surface area contributed by atoms with Crippen LogP contribution in [0, 0.1) is 0 Å². The molecule has 0 heterocycles. The summed E-state index contributed by atoms with van der Waals surface area (Å²) in [5, 5.41) is 0. The van der Waals surface area contributed by atoms with E-state index in [4.69, 9.17) is 10.0 Å².